The zero-order valence-electron chi connectivity index (χ0n) is 47.2. The lowest BCUT2D eigenvalue weighted by Crippen LogP contribution is -2.57. The van der Waals surface area contributed by atoms with Crippen molar-refractivity contribution in [2.24, 2.45) is 10.2 Å². The molecule has 22 heteroatoms. The molecular formula is C64H65N9O13. The quantitative estimate of drug-likeness (QED) is 0.0199. The van der Waals surface area contributed by atoms with Crippen molar-refractivity contribution in [1.82, 2.24) is 25.3 Å². The zero-order chi connectivity index (χ0) is 60.0. The number of likely N-dealkylation sites (N-methyl/N-ethyl adjacent to an activating group) is 1. The van der Waals surface area contributed by atoms with Crippen LogP contribution in [0.15, 0.2) is 156 Å². The monoisotopic (exact) mass is 1170 g/mol. The van der Waals surface area contributed by atoms with E-state index in [-0.39, 0.29) is 89.2 Å². The second-order valence-corrected chi connectivity index (χ2v) is 22.0. The number of carbonyl (C=O) groups is 6. The number of non-ortho nitro benzene ring substituents is 1. The molecule has 0 bridgehead atoms. The highest BCUT2D eigenvalue weighted by molar-refractivity contribution is 5.89. The second kappa shape index (κ2) is 25.8. The van der Waals surface area contributed by atoms with Crippen molar-refractivity contribution in [3.8, 4) is 22.3 Å². The van der Waals surface area contributed by atoms with E-state index in [1.54, 1.807) is 12.1 Å². The topological polar surface area (TPSA) is 275 Å². The van der Waals surface area contributed by atoms with Gasteiger partial charge < -0.3 is 44.9 Å². The van der Waals surface area contributed by atoms with Crippen LogP contribution < -0.4 is 15.5 Å². The molecule has 11 rings (SSSR count). The highest BCUT2D eigenvalue weighted by Crippen LogP contribution is 2.46. The van der Waals surface area contributed by atoms with Crippen molar-refractivity contribution in [3.05, 3.63) is 178 Å². The summed E-state index contributed by atoms with van der Waals surface area (Å²) in [5, 5.41) is 47.1. The maximum Gasteiger partial charge on any atom is 0.410 e. The van der Waals surface area contributed by atoms with E-state index in [1.165, 1.54) is 39.0 Å². The average Bonchev–Trinajstić information content (AvgIpc) is 2.44. The lowest BCUT2D eigenvalue weighted by molar-refractivity contribution is -0.384. The normalized spacial score (nSPS) is 20.2. The van der Waals surface area contributed by atoms with Gasteiger partial charge in [0.05, 0.1) is 66.6 Å². The Morgan fingerprint density at radius 3 is 1.42 bits per heavy atom. The Kier molecular flexibility index (Phi) is 17.4. The first-order valence-corrected chi connectivity index (χ1v) is 28.9. The van der Waals surface area contributed by atoms with E-state index in [2.05, 4.69) is 20.9 Å². The third-order valence-electron chi connectivity index (χ3n) is 16.7. The minimum Gasteiger partial charge on any atom is -0.464 e. The average molecular weight is 1170 g/mol. The Balaban J connectivity index is 0.725. The molecule has 6 atom stereocenters. The number of benzene rings is 6. The van der Waals surface area contributed by atoms with Crippen molar-refractivity contribution in [1.29, 1.82) is 0 Å². The predicted octanol–water partition coefficient (Wildman–Crippen LogP) is 7.74. The number of aliphatic hydroxyl groups is 2. The fourth-order valence-corrected chi connectivity index (χ4v) is 12.4. The molecule has 6 aromatic carbocycles. The van der Waals surface area contributed by atoms with Crippen LogP contribution in [0.25, 0.3) is 22.3 Å². The summed E-state index contributed by atoms with van der Waals surface area (Å²) >= 11 is 0. The highest BCUT2D eigenvalue weighted by Gasteiger charge is 2.46. The van der Waals surface area contributed by atoms with Gasteiger partial charge in [0.2, 0.25) is 17.7 Å². The van der Waals surface area contributed by atoms with Gasteiger partial charge in [-0.2, -0.15) is 10.2 Å². The van der Waals surface area contributed by atoms with Gasteiger partial charge in [0, 0.05) is 68.6 Å². The van der Waals surface area contributed by atoms with E-state index in [1.807, 2.05) is 121 Å². The molecule has 5 aliphatic rings. The number of anilines is 1. The van der Waals surface area contributed by atoms with Gasteiger partial charge in [-0.1, -0.05) is 97.1 Å². The van der Waals surface area contributed by atoms with E-state index in [0.717, 1.165) is 50.2 Å². The molecule has 22 nitrogen and oxygen atoms in total. The van der Waals surface area contributed by atoms with E-state index in [4.69, 9.17) is 14.2 Å². The van der Waals surface area contributed by atoms with Crippen LogP contribution in [0.2, 0.25) is 0 Å². The number of amides is 5. The Morgan fingerprint density at radius 2 is 1.00 bits per heavy atom. The van der Waals surface area contributed by atoms with E-state index >= 15 is 0 Å². The van der Waals surface area contributed by atoms with Crippen molar-refractivity contribution >= 4 is 58.6 Å². The molecule has 2 aliphatic carbocycles. The van der Waals surface area contributed by atoms with Crippen LogP contribution >= 0.6 is 0 Å². The molecule has 0 spiro atoms. The number of nitrogens with one attached hydrogen (secondary N) is 2. The molecule has 0 saturated carbocycles. The smallest absolute Gasteiger partial charge is 0.410 e. The first-order valence-electron chi connectivity index (χ1n) is 28.9. The molecule has 0 unspecified atom stereocenters. The fraction of sp³-hybridized carbons (Fsp3) is 0.344. The molecule has 0 aromatic heterocycles. The zero-order valence-corrected chi connectivity index (χ0v) is 47.2. The van der Waals surface area contributed by atoms with E-state index in [0.29, 0.717) is 24.5 Å². The van der Waals surface area contributed by atoms with Gasteiger partial charge in [-0.15, -0.1) is 0 Å². The molecule has 5 amide bonds. The summed E-state index contributed by atoms with van der Waals surface area (Å²) < 4.78 is 17.4. The number of β-amino-alcohol motifs (C(OH)–C–C–N with tert-alkyl or cyclic N) is 2. The van der Waals surface area contributed by atoms with Crippen LogP contribution in [-0.2, 0) is 33.4 Å². The Labute approximate surface area is 495 Å². The molecule has 86 heavy (non-hydrogen) atoms. The Morgan fingerprint density at radius 1 is 0.581 bits per heavy atom. The number of azo groups is 1. The maximum atomic E-state index is 14.4. The number of nitro groups is 1. The minimum absolute atomic E-state index is 0.0141. The fourth-order valence-electron chi connectivity index (χ4n) is 12.4. The number of esters is 1. The summed E-state index contributed by atoms with van der Waals surface area (Å²) in [6, 6.07) is 40.2. The number of likely N-dealkylation sites (tertiary alicyclic amines) is 3. The summed E-state index contributed by atoms with van der Waals surface area (Å²) in [6.45, 7) is 2.25. The molecule has 444 valence electrons. The number of ether oxygens (including phenoxy) is 3. The van der Waals surface area contributed by atoms with Crippen LogP contribution in [0.4, 0.5) is 32.3 Å². The SMILES string of the molecule is CCN(CCOC(=O)CCC(=O)N1C[C@@H](NC(=O)[C@H]2C[C@H](O)CN2C(=O)OCC2c3ccccc3-c3ccccc32)[C@H](NC(=O)[C@H]2C[C@H](O)CN2C(=O)OCC2c3ccccc3-c3ccccc32)C1)c1ccc(N=Nc2ccc([N+](=O)[O-])cc2)cc1. The predicted molar refractivity (Wildman–Crippen MR) is 315 cm³/mol. The largest absolute Gasteiger partial charge is 0.464 e. The molecule has 3 saturated heterocycles. The summed E-state index contributed by atoms with van der Waals surface area (Å²) in [5.74, 6) is -2.91. The molecule has 3 fully saturated rings. The standard InChI is InChI=1S/C64H65N9O13/c1-2-69(41-23-19-39(20-24-41)67-68-40-21-25-42(26-22-40)73(82)83)29-30-84-60(77)28-27-59(76)70-35-55(65-61(78)57-31-43(74)33-71(57)63(80)85-37-53-49-15-7-3-11-45(49)46-12-4-8-16-50(46)53)56(36-70)66-62(79)58-32-44(75)34-72(58)64(81)86-38-54-51-17-9-5-13-47(51)48-14-6-10-18-52(48)54/h3-26,43-44,53-58,74-75H,2,27-38H2,1H3,(H,65,78)(H,66,79)/t43-,44-,55+,56+,57+,58+/m0/s1. The van der Waals surface area contributed by atoms with Crippen LogP contribution in [0.1, 0.15) is 66.7 Å². The van der Waals surface area contributed by atoms with Gasteiger partial charge in [-0.05, 0) is 87.8 Å². The minimum atomic E-state index is -1.18. The number of fused-ring (bicyclic) bond motifs is 6. The number of rotatable bonds is 19. The molecule has 3 heterocycles. The maximum absolute atomic E-state index is 14.4. The Bertz CT molecular complexity index is 3320. The van der Waals surface area contributed by atoms with Gasteiger partial charge in [0.25, 0.3) is 5.69 Å². The van der Waals surface area contributed by atoms with Gasteiger partial charge in [-0.3, -0.25) is 39.1 Å². The summed E-state index contributed by atoms with van der Waals surface area (Å²) in [4.78, 5) is 100. The van der Waals surface area contributed by atoms with E-state index < -0.39 is 77.2 Å². The van der Waals surface area contributed by atoms with Crippen LogP contribution in [-0.4, -0.2) is 161 Å². The second-order valence-electron chi connectivity index (χ2n) is 22.0. The molecule has 6 aromatic rings. The van der Waals surface area contributed by atoms with Gasteiger partial charge in [0.15, 0.2) is 0 Å². The van der Waals surface area contributed by atoms with Crippen LogP contribution in [0.5, 0.6) is 0 Å². The van der Waals surface area contributed by atoms with Gasteiger partial charge in [-0.25, -0.2) is 9.59 Å². The molecule has 3 aliphatic heterocycles. The van der Waals surface area contributed by atoms with Crippen LogP contribution in [0, 0.1) is 10.1 Å². The first-order chi connectivity index (χ1) is 41.7. The van der Waals surface area contributed by atoms with Crippen molar-refractivity contribution < 1.29 is 58.1 Å². The number of aliphatic hydroxyl groups excluding tert-OH is 2. The number of nitro benzene ring substituents is 1. The summed E-state index contributed by atoms with van der Waals surface area (Å²) in [6.07, 6.45) is -4.45. The molecular weight excluding hydrogens is 1100 g/mol. The van der Waals surface area contributed by atoms with E-state index in [9.17, 15) is 49.1 Å². The molecule has 0 radical (unpaired) electrons. The lowest BCUT2D eigenvalue weighted by atomic mass is 9.98. The van der Waals surface area contributed by atoms with Crippen LogP contribution in [0.3, 0.4) is 0 Å². The van der Waals surface area contributed by atoms with Gasteiger partial charge in [0.1, 0.15) is 31.9 Å². The van der Waals surface area contributed by atoms with Gasteiger partial charge >= 0.3 is 18.2 Å². The lowest BCUT2D eigenvalue weighted by Gasteiger charge is -2.28. The van der Waals surface area contributed by atoms with Crippen molar-refractivity contribution in [2.75, 3.05) is 64.0 Å². The third-order valence-corrected chi connectivity index (χ3v) is 16.7. The summed E-state index contributed by atoms with van der Waals surface area (Å²) in [5.41, 5.74) is 9.95. The summed E-state index contributed by atoms with van der Waals surface area (Å²) in [7, 11) is 0. The number of hydrogen-bond donors (Lipinski definition) is 4. The third kappa shape index (κ3) is 12.6. The van der Waals surface area contributed by atoms with Crippen molar-refractivity contribution in [2.45, 2.75) is 80.8 Å². The van der Waals surface area contributed by atoms with Crippen molar-refractivity contribution in [3.63, 3.8) is 0 Å². The highest BCUT2D eigenvalue weighted by atomic mass is 16.6. The first kappa shape index (κ1) is 58.2. The Hall–Kier alpha value is -9.54. The number of nitrogens with zero attached hydrogens (tertiary/aromatic N) is 7. The number of hydrogen-bond acceptors (Lipinski definition) is 16. The molecule has 4 N–H and O–H groups in total. The number of carbonyl (C=O) groups excluding carboxylic acids is 6.